The maximum absolute atomic E-state index is 12.9. The highest BCUT2D eigenvalue weighted by Gasteiger charge is 2.19. The summed E-state index contributed by atoms with van der Waals surface area (Å²) in [6.45, 7) is 9.11. The number of aromatic nitrogens is 2. The maximum atomic E-state index is 12.9. The number of hydrogen-bond donors (Lipinski definition) is 1. The molecule has 1 amide bonds. The number of nitrogens with zero attached hydrogens (tertiary/aromatic N) is 2. The number of hydrogen-bond acceptors (Lipinski definition) is 3. The molecule has 0 bridgehead atoms. The van der Waals surface area contributed by atoms with Gasteiger partial charge in [0.2, 0.25) is 0 Å². The largest absolute Gasteiger partial charge is 0.492 e. The van der Waals surface area contributed by atoms with Crippen LogP contribution in [0.3, 0.4) is 0 Å². The summed E-state index contributed by atoms with van der Waals surface area (Å²) in [4.78, 5) is 12.9. The van der Waals surface area contributed by atoms with Crippen molar-refractivity contribution in [3.05, 3.63) is 76.1 Å². The minimum Gasteiger partial charge on any atom is -0.492 e. The van der Waals surface area contributed by atoms with Gasteiger partial charge in [0.15, 0.2) is 0 Å². The van der Waals surface area contributed by atoms with E-state index in [1.165, 1.54) is 0 Å². The Hall–Kier alpha value is -2.79. The van der Waals surface area contributed by atoms with Crippen LogP contribution in [0.2, 0.25) is 5.02 Å². The molecule has 6 heteroatoms. The van der Waals surface area contributed by atoms with Crippen molar-refractivity contribution in [1.82, 2.24) is 9.78 Å². The van der Waals surface area contributed by atoms with Gasteiger partial charge in [-0.25, -0.2) is 0 Å². The van der Waals surface area contributed by atoms with Gasteiger partial charge in [-0.3, -0.25) is 9.48 Å². The lowest BCUT2D eigenvalue weighted by Crippen LogP contribution is -2.14. The number of halogens is 1. The van der Waals surface area contributed by atoms with Gasteiger partial charge in [0.1, 0.15) is 5.75 Å². The highest BCUT2D eigenvalue weighted by Crippen LogP contribution is 2.28. The first kappa shape index (κ1) is 20.9. The zero-order valence-corrected chi connectivity index (χ0v) is 18.0. The number of benzene rings is 2. The van der Waals surface area contributed by atoms with E-state index in [0.29, 0.717) is 46.8 Å². The van der Waals surface area contributed by atoms with Crippen LogP contribution in [-0.2, 0) is 6.54 Å². The lowest BCUT2D eigenvalue weighted by Gasteiger charge is -2.12. The number of nitrogens with one attached hydrogen (secondary N) is 1. The van der Waals surface area contributed by atoms with Crippen molar-refractivity contribution in [3.63, 3.8) is 0 Å². The van der Waals surface area contributed by atoms with Gasteiger partial charge in [0, 0.05) is 11.4 Å². The van der Waals surface area contributed by atoms with E-state index in [4.69, 9.17) is 16.3 Å². The SMILES string of the molecule is Cc1nn(Cc2ccccc2)c(C)c1C(=O)Nc1ccc(OCC(C)C)c(Cl)c1. The molecular formula is C23H26ClN3O2. The van der Waals surface area contributed by atoms with Gasteiger partial charge in [0.25, 0.3) is 5.91 Å². The smallest absolute Gasteiger partial charge is 0.259 e. The summed E-state index contributed by atoms with van der Waals surface area (Å²) in [5.74, 6) is 0.816. The quantitative estimate of drug-likeness (QED) is 0.559. The summed E-state index contributed by atoms with van der Waals surface area (Å²) in [7, 11) is 0. The number of ether oxygens (including phenoxy) is 1. The molecule has 0 fully saturated rings. The highest BCUT2D eigenvalue weighted by molar-refractivity contribution is 6.32. The van der Waals surface area contributed by atoms with Crippen molar-refractivity contribution in [2.45, 2.75) is 34.2 Å². The third-order valence-corrected chi connectivity index (χ3v) is 4.84. The van der Waals surface area contributed by atoms with Crippen molar-refractivity contribution < 1.29 is 9.53 Å². The zero-order valence-electron chi connectivity index (χ0n) is 17.2. The monoisotopic (exact) mass is 411 g/mol. The normalized spacial score (nSPS) is 11.0. The molecule has 0 aliphatic rings. The average Bonchev–Trinajstić information content (AvgIpc) is 2.95. The van der Waals surface area contributed by atoms with Crippen molar-refractivity contribution in [2.24, 2.45) is 5.92 Å². The fraction of sp³-hybridized carbons (Fsp3) is 0.304. The summed E-state index contributed by atoms with van der Waals surface area (Å²) in [5.41, 5.74) is 3.85. The first-order valence-electron chi connectivity index (χ1n) is 9.66. The van der Waals surface area contributed by atoms with Crippen LogP contribution in [0.5, 0.6) is 5.75 Å². The van der Waals surface area contributed by atoms with Crippen LogP contribution < -0.4 is 10.1 Å². The number of carbonyl (C=O) groups is 1. The average molecular weight is 412 g/mol. The number of rotatable bonds is 7. The van der Waals surface area contributed by atoms with Gasteiger partial charge < -0.3 is 10.1 Å². The Bertz CT molecular complexity index is 997. The minimum absolute atomic E-state index is 0.203. The van der Waals surface area contributed by atoms with E-state index in [9.17, 15) is 4.79 Å². The molecule has 0 aliphatic heterocycles. The first-order chi connectivity index (χ1) is 13.8. The predicted molar refractivity (Wildman–Crippen MR) is 117 cm³/mol. The third kappa shape index (κ3) is 5.18. The van der Waals surface area contributed by atoms with Crippen LogP contribution in [0, 0.1) is 19.8 Å². The Morgan fingerprint density at radius 1 is 1.17 bits per heavy atom. The fourth-order valence-electron chi connectivity index (χ4n) is 3.08. The number of aryl methyl sites for hydroxylation is 1. The molecule has 0 aliphatic carbocycles. The van der Waals surface area contributed by atoms with Gasteiger partial charge >= 0.3 is 0 Å². The Morgan fingerprint density at radius 2 is 1.90 bits per heavy atom. The van der Waals surface area contributed by atoms with Crippen LogP contribution in [0.4, 0.5) is 5.69 Å². The van der Waals surface area contributed by atoms with E-state index in [0.717, 1.165) is 11.3 Å². The summed E-state index contributed by atoms with van der Waals surface area (Å²) in [6, 6.07) is 15.3. The van der Waals surface area contributed by atoms with E-state index < -0.39 is 0 Å². The van der Waals surface area contributed by atoms with Crippen LogP contribution in [0.25, 0.3) is 0 Å². The van der Waals surface area contributed by atoms with Crippen LogP contribution in [-0.4, -0.2) is 22.3 Å². The van der Waals surface area contributed by atoms with Gasteiger partial charge in [-0.2, -0.15) is 5.10 Å². The van der Waals surface area contributed by atoms with Crippen molar-refractivity contribution in [1.29, 1.82) is 0 Å². The molecule has 0 radical (unpaired) electrons. The molecule has 2 aromatic carbocycles. The number of amides is 1. The third-order valence-electron chi connectivity index (χ3n) is 4.55. The fourth-order valence-corrected chi connectivity index (χ4v) is 3.32. The molecule has 3 rings (SSSR count). The Kier molecular flexibility index (Phi) is 6.60. The molecular weight excluding hydrogens is 386 g/mol. The minimum atomic E-state index is -0.203. The van der Waals surface area contributed by atoms with E-state index in [-0.39, 0.29) is 5.91 Å². The van der Waals surface area contributed by atoms with Crippen molar-refractivity contribution in [3.8, 4) is 5.75 Å². The summed E-state index contributed by atoms with van der Waals surface area (Å²) in [6.07, 6.45) is 0. The lowest BCUT2D eigenvalue weighted by atomic mass is 10.1. The molecule has 0 atom stereocenters. The molecule has 29 heavy (non-hydrogen) atoms. The number of anilines is 1. The molecule has 5 nitrogen and oxygen atoms in total. The molecule has 0 saturated carbocycles. The number of carbonyl (C=O) groups excluding carboxylic acids is 1. The second-order valence-corrected chi connectivity index (χ2v) is 7.90. The Labute approximate surface area is 176 Å². The van der Waals surface area contributed by atoms with E-state index in [1.54, 1.807) is 18.2 Å². The second-order valence-electron chi connectivity index (χ2n) is 7.49. The van der Waals surface area contributed by atoms with E-state index in [1.807, 2.05) is 48.9 Å². The Balaban J connectivity index is 1.75. The van der Waals surface area contributed by atoms with Gasteiger partial charge in [-0.05, 0) is 43.5 Å². The second kappa shape index (κ2) is 9.14. The summed E-state index contributed by atoms with van der Waals surface area (Å²) < 4.78 is 7.54. The molecule has 1 aromatic heterocycles. The van der Waals surface area contributed by atoms with Crippen LogP contribution in [0.1, 0.15) is 41.2 Å². The lowest BCUT2D eigenvalue weighted by molar-refractivity contribution is 0.102. The molecule has 3 aromatic rings. The van der Waals surface area contributed by atoms with E-state index in [2.05, 4.69) is 24.3 Å². The zero-order chi connectivity index (χ0) is 21.0. The topological polar surface area (TPSA) is 56.2 Å². The van der Waals surface area contributed by atoms with Crippen LogP contribution >= 0.6 is 11.6 Å². The van der Waals surface area contributed by atoms with Crippen molar-refractivity contribution in [2.75, 3.05) is 11.9 Å². The molecule has 152 valence electrons. The van der Waals surface area contributed by atoms with E-state index >= 15 is 0 Å². The Morgan fingerprint density at radius 3 is 2.55 bits per heavy atom. The maximum Gasteiger partial charge on any atom is 0.259 e. The molecule has 1 heterocycles. The summed E-state index contributed by atoms with van der Waals surface area (Å²) >= 11 is 6.31. The van der Waals surface area contributed by atoms with Gasteiger partial charge in [-0.15, -0.1) is 0 Å². The molecule has 0 saturated heterocycles. The first-order valence-corrected chi connectivity index (χ1v) is 10.0. The standard InChI is InChI=1S/C23H26ClN3O2/c1-15(2)14-29-21-11-10-19(12-20(21)24)25-23(28)22-16(3)26-27(17(22)4)13-18-8-6-5-7-9-18/h5-12,15H,13-14H2,1-4H3,(H,25,28). The predicted octanol–water partition coefficient (Wildman–Crippen LogP) is 5.49. The molecule has 0 unspecified atom stereocenters. The summed E-state index contributed by atoms with van der Waals surface area (Å²) in [5, 5.41) is 7.94. The van der Waals surface area contributed by atoms with Crippen molar-refractivity contribution >= 4 is 23.2 Å². The van der Waals surface area contributed by atoms with Crippen LogP contribution in [0.15, 0.2) is 48.5 Å². The molecule has 0 spiro atoms. The molecule has 1 N–H and O–H groups in total. The van der Waals surface area contributed by atoms with Gasteiger partial charge in [-0.1, -0.05) is 55.8 Å². The highest BCUT2D eigenvalue weighted by atomic mass is 35.5. The van der Waals surface area contributed by atoms with Gasteiger partial charge in [0.05, 0.1) is 29.4 Å².